The Morgan fingerprint density at radius 3 is 2.83 bits per heavy atom. The fourth-order valence-electron chi connectivity index (χ4n) is 3.28. The van der Waals surface area contributed by atoms with Crippen LogP contribution in [0.1, 0.15) is 36.5 Å². The second-order valence-corrected chi connectivity index (χ2v) is 6.69. The molecule has 4 heteroatoms. The average Bonchev–Trinajstić information content (AvgIpc) is 2.97. The molecule has 0 spiro atoms. The van der Waals surface area contributed by atoms with Crippen molar-refractivity contribution >= 4 is 5.96 Å². The van der Waals surface area contributed by atoms with Crippen LogP contribution in [0, 0.1) is 19.8 Å². The third-order valence-corrected chi connectivity index (χ3v) is 4.64. The van der Waals surface area contributed by atoms with Crippen molar-refractivity contribution in [2.75, 3.05) is 33.2 Å². The fraction of sp³-hybridized carbons (Fsp3) is 0.632. The lowest BCUT2D eigenvalue weighted by atomic mass is 10.1. The Kier molecular flexibility index (Phi) is 6.90. The Bertz CT molecular complexity index is 524. The molecular weight excluding hydrogens is 284 g/mol. The van der Waals surface area contributed by atoms with E-state index in [2.05, 4.69) is 59.5 Å². The van der Waals surface area contributed by atoms with Gasteiger partial charge in [-0.2, -0.15) is 0 Å². The SMILES string of the molecule is CCCN1CCC(CNC(=NC)NCc2ccc(C)cc2C)C1. The van der Waals surface area contributed by atoms with Gasteiger partial charge in [-0.15, -0.1) is 0 Å². The zero-order valence-electron chi connectivity index (χ0n) is 15.2. The van der Waals surface area contributed by atoms with E-state index in [1.807, 2.05) is 7.05 Å². The molecule has 0 aliphatic carbocycles. The average molecular weight is 316 g/mol. The predicted molar refractivity (Wildman–Crippen MR) is 99.0 cm³/mol. The Labute approximate surface area is 141 Å². The normalized spacial score (nSPS) is 19.1. The molecule has 1 saturated heterocycles. The Morgan fingerprint density at radius 1 is 1.30 bits per heavy atom. The van der Waals surface area contributed by atoms with Gasteiger partial charge in [0.05, 0.1) is 0 Å². The molecule has 1 aliphatic heterocycles. The standard InChI is InChI=1S/C19H32N4/c1-5-9-23-10-8-17(14-23)12-21-19(20-4)22-13-18-7-6-15(2)11-16(18)3/h6-7,11,17H,5,8-10,12-14H2,1-4H3,(H2,20,21,22). The summed E-state index contributed by atoms with van der Waals surface area (Å²) in [6, 6.07) is 6.60. The van der Waals surface area contributed by atoms with Crippen molar-refractivity contribution in [3.63, 3.8) is 0 Å². The lowest BCUT2D eigenvalue weighted by molar-refractivity contribution is 0.324. The summed E-state index contributed by atoms with van der Waals surface area (Å²) in [5, 5.41) is 6.92. The van der Waals surface area contributed by atoms with Crippen molar-refractivity contribution in [1.82, 2.24) is 15.5 Å². The van der Waals surface area contributed by atoms with Gasteiger partial charge in [0.2, 0.25) is 0 Å². The Hall–Kier alpha value is -1.55. The van der Waals surface area contributed by atoms with E-state index in [0.29, 0.717) is 0 Å². The van der Waals surface area contributed by atoms with Crippen molar-refractivity contribution in [3.05, 3.63) is 34.9 Å². The summed E-state index contributed by atoms with van der Waals surface area (Å²) >= 11 is 0. The molecule has 1 fully saturated rings. The molecule has 1 atom stereocenters. The van der Waals surface area contributed by atoms with Crippen molar-refractivity contribution in [2.45, 2.75) is 40.2 Å². The highest BCUT2D eigenvalue weighted by atomic mass is 15.2. The molecule has 2 N–H and O–H groups in total. The molecule has 1 heterocycles. The maximum absolute atomic E-state index is 4.35. The van der Waals surface area contributed by atoms with Gasteiger partial charge in [0.15, 0.2) is 5.96 Å². The number of nitrogens with zero attached hydrogens (tertiary/aromatic N) is 2. The van der Waals surface area contributed by atoms with Crippen LogP contribution < -0.4 is 10.6 Å². The van der Waals surface area contributed by atoms with Crippen LogP contribution in [0.3, 0.4) is 0 Å². The molecule has 1 aliphatic rings. The molecule has 4 nitrogen and oxygen atoms in total. The molecule has 23 heavy (non-hydrogen) atoms. The highest BCUT2D eigenvalue weighted by Gasteiger charge is 2.21. The van der Waals surface area contributed by atoms with Gasteiger partial charge in [0, 0.05) is 26.7 Å². The number of benzene rings is 1. The van der Waals surface area contributed by atoms with Crippen LogP contribution in [0.25, 0.3) is 0 Å². The minimum atomic E-state index is 0.737. The number of rotatable bonds is 6. The van der Waals surface area contributed by atoms with E-state index in [9.17, 15) is 0 Å². The highest BCUT2D eigenvalue weighted by molar-refractivity contribution is 5.79. The van der Waals surface area contributed by atoms with Crippen LogP contribution in [0.2, 0.25) is 0 Å². The number of guanidine groups is 1. The monoisotopic (exact) mass is 316 g/mol. The van der Waals surface area contributed by atoms with Gasteiger partial charge >= 0.3 is 0 Å². The third-order valence-electron chi connectivity index (χ3n) is 4.64. The van der Waals surface area contributed by atoms with Crippen LogP contribution in [0.15, 0.2) is 23.2 Å². The summed E-state index contributed by atoms with van der Waals surface area (Å²) in [7, 11) is 1.84. The van der Waals surface area contributed by atoms with Crippen molar-refractivity contribution in [1.29, 1.82) is 0 Å². The zero-order valence-corrected chi connectivity index (χ0v) is 15.2. The smallest absolute Gasteiger partial charge is 0.191 e. The van der Waals surface area contributed by atoms with Crippen LogP contribution in [0.4, 0.5) is 0 Å². The Balaban J connectivity index is 1.76. The van der Waals surface area contributed by atoms with Crippen LogP contribution in [-0.2, 0) is 6.54 Å². The van der Waals surface area contributed by atoms with Gasteiger partial charge in [-0.1, -0.05) is 30.7 Å². The molecule has 128 valence electrons. The number of hydrogen-bond donors (Lipinski definition) is 2. The second kappa shape index (κ2) is 8.92. The first kappa shape index (κ1) is 17.8. The summed E-state index contributed by atoms with van der Waals surface area (Å²) in [5.41, 5.74) is 3.97. The molecule has 2 rings (SSSR count). The molecule has 0 amide bonds. The fourth-order valence-corrected chi connectivity index (χ4v) is 3.28. The highest BCUT2D eigenvalue weighted by Crippen LogP contribution is 2.15. The first-order valence-electron chi connectivity index (χ1n) is 8.85. The third kappa shape index (κ3) is 5.54. The quantitative estimate of drug-likeness (QED) is 0.626. The minimum absolute atomic E-state index is 0.737. The molecule has 0 bridgehead atoms. The molecular formula is C19H32N4. The number of likely N-dealkylation sites (tertiary alicyclic amines) is 1. The van der Waals surface area contributed by atoms with Gasteiger partial charge in [-0.25, -0.2) is 0 Å². The van der Waals surface area contributed by atoms with Gasteiger partial charge in [0.25, 0.3) is 0 Å². The molecule has 0 radical (unpaired) electrons. The molecule has 1 aromatic rings. The largest absolute Gasteiger partial charge is 0.356 e. The summed E-state index contributed by atoms with van der Waals surface area (Å²) in [5.74, 6) is 1.64. The second-order valence-electron chi connectivity index (χ2n) is 6.69. The van der Waals surface area contributed by atoms with E-state index in [1.54, 1.807) is 0 Å². The van der Waals surface area contributed by atoms with Crippen molar-refractivity contribution in [2.24, 2.45) is 10.9 Å². The number of nitrogens with one attached hydrogen (secondary N) is 2. The van der Waals surface area contributed by atoms with Crippen LogP contribution in [-0.4, -0.2) is 44.1 Å². The van der Waals surface area contributed by atoms with Gasteiger partial charge in [-0.3, -0.25) is 4.99 Å². The number of aryl methyl sites for hydroxylation is 2. The van der Waals surface area contributed by atoms with E-state index in [0.717, 1.165) is 25.0 Å². The topological polar surface area (TPSA) is 39.7 Å². The first-order chi connectivity index (χ1) is 11.1. The summed E-state index contributed by atoms with van der Waals surface area (Å²) in [4.78, 5) is 6.92. The van der Waals surface area contributed by atoms with Gasteiger partial charge < -0.3 is 15.5 Å². The summed E-state index contributed by atoms with van der Waals surface area (Å²) in [6.07, 6.45) is 2.54. The zero-order chi connectivity index (χ0) is 16.7. The van der Waals surface area contributed by atoms with Gasteiger partial charge in [-0.05, 0) is 56.8 Å². The van der Waals surface area contributed by atoms with E-state index in [1.165, 1.54) is 49.2 Å². The van der Waals surface area contributed by atoms with E-state index in [-0.39, 0.29) is 0 Å². The van der Waals surface area contributed by atoms with Gasteiger partial charge in [0.1, 0.15) is 0 Å². The predicted octanol–water partition coefficient (Wildman–Crippen LogP) is 2.70. The first-order valence-corrected chi connectivity index (χ1v) is 8.85. The number of aliphatic imine (C=N–C) groups is 1. The van der Waals surface area contributed by atoms with Crippen molar-refractivity contribution < 1.29 is 0 Å². The molecule has 0 aromatic heterocycles. The lowest BCUT2D eigenvalue weighted by Gasteiger charge is -2.17. The molecule has 1 unspecified atom stereocenters. The number of hydrogen-bond acceptors (Lipinski definition) is 2. The van der Waals surface area contributed by atoms with Crippen molar-refractivity contribution in [3.8, 4) is 0 Å². The van der Waals surface area contributed by atoms with E-state index < -0.39 is 0 Å². The summed E-state index contributed by atoms with van der Waals surface area (Å²) < 4.78 is 0. The molecule has 0 saturated carbocycles. The maximum Gasteiger partial charge on any atom is 0.191 e. The summed E-state index contributed by atoms with van der Waals surface area (Å²) in [6.45, 7) is 12.1. The molecule has 1 aromatic carbocycles. The van der Waals surface area contributed by atoms with E-state index >= 15 is 0 Å². The van der Waals surface area contributed by atoms with Crippen LogP contribution in [0.5, 0.6) is 0 Å². The van der Waals surface area contributed by atoms with E-state index in [4.69, 9.17) is 0 Å². The minimum Gasteiger partial charge on any atom is -0.356 e. The maximum atomic E-state index is 4.35. The lowest BCUT2D eigenvalue weighted by Crippen LogP contribution is -2.40. The Morgan fingerprint density at radius 2 is 2.13 bits per heavy atom. The van der Waals surface area contributed by atoms with Crippen LogP contribution >= 0.6 is 0 Å².